The molecule has 0 saturated heterocycles. The van der Waals surface area contributed by atoms with Crippen molar-refractivity contribution in [2.24, 2.45) is 0 Å². The number of halogens is 2. The van der Waals surface area contributed by atoms with Crippen molar-refractivity contribution >= 4 is 33.9 Å². The summed E-state index contributed by atoms with van der Waals surface area (Å²) in [5.41, 5.74) is 0.804. The molecular weight excluding hydrogens is 389 g/mol. The lowest BCUT2D eigenvalue weighted by molar-refractivity contribution is -0.155. The summed E-state index contributed by atoms with van der Waals surface area (Å²) < 4.78 is 19.7. The van der Waals surface area contributed by atoms with E-state index in [1.165, 1.54) is 17.0 Å². The highest BCUT2D eigenvalue weighted by atomic mass is 79.9. The molecule has 0 bridgehead atoms. The van der Waals surface area contributed by atoms with Crippen molar-refractivity contribution in [2.75, 3.05) is 14.1 Å². The fraction of sp³-hybridized carbons (Fsp3) is 0.158. The summed E-state index contributed by atoms with van der Waals surface area (Å²) in [5.74, 6) is -1.55. The molecule has 2 aromatic rings. The number of amides is 1. The Kier molecular flexibility index (Phi) is 6.47. The van der Waals surface area contributed by atoms with Crippen LogP contribution in [0.5, 0.6) is 0 Å². The van der Waals surface area contributed by atoms with E-state index in [1.807, 2.05) is 0 Å². The SMILES string of the molecule is CN(C)C(=O)[C@H](OC(=O)/C=C/c1cc(Br)ccc1F)c1ccccc1. The second kappa shape index (κ2) is 8.58. The molecule has 0 aromatic heterocycles. The molecule has 0 aliphatic heterocycles. The average molecular weight is 406 g/mol. The van der Waals surface area contributed by atoms with Crippen molar-refractivity contribution in [2.45, 2.75) is 6.10 Å². The Morgan fingerprint density at radius 1 is 1.16 bits per heavy atom. The van der Waals surface area contributed by atoms with Crippen LogP contribution in [0.15, 0.2) is 59.1 Å². The standard InChI is InChI=1S/C19H17BrFNO3/c1-22(2)19(24)18(13-6-4-3-5-7-13)25-17(23)11-8-14-12-15(20)9-10-16(14)21/h3-12,18H,1-2H3/b11-8+/t18-/m1/s1. The molecule has 4 nitrogen and oxygen atoms in total. The minimum atomic E-state index is -1.05. The van der Waals surface area contributed by atoms with Crippen LogP contribution in [0.2, 0.25) is 0 Å². The van der Waals surface area contributed by atoms with E-state index in [2.05, 4.69) is 15.9 Å². The number of hydrogen-bond acceptors (Lipinski definition) is 3. The summed E-state index contributed by atoms with van der Waals surface area (Å²) in [6.45, 7) is 0. The fourth-order valence-electron chi connectivity index (χ4n) is 2.08. The summed E-state index contributed by atoms with van der Waals surface area (Å²) in [6, 6.07) is 13.1. The highest BCUT2D eigenvalue weighted by Crippen LogP contribution is 2.21. The fourth-order valence-corrected chi connectivity index (χ4v) is 2.46. The maximum absolute atomic E-state index is 13.7. The topological polar surface area (TPSA) is 46.6 Å². The molecule has 0 unspecified atom stereocenters. The summed E-state index contributed by atoms with van der Waals surface area (Å²) in [4.78, 5) is 25.8. The van der Waals surface area contributed by atoms with Gasteiger partial charge in [0, 0.05) is 35.8 Å². The molecule has 0 fully saturated rings. The molecule has 0 radical (unpaired) electrons. The first-order valence-electron chi connectivity index (χ1n) is 7.48. The largest absolute Gasteiger partial charge is 0.444 e. The molecule has 6 heteroatoms. The van der Waals surface area contributed by atoms with Crippen LogP contribution in [0.1, 0.15) is 17.2 Å². The molecule has 0 aliphatic rings. The van der Waals surface area contributed by atoms with Gasteiger partial charge < -0.3 is 9.64 Å². The lowest BCUT2D eigenvalue weighted by Crippen LogP contribution is -2.30. The number of carbonyl (C=O) groups excluding carboxylic acids is 2. The van der Waals surface area contributed by atoms with E-state index < -0.39 is 17.9 Å². The second-order valence-corrected chi connectivity index (χ2v) is 6.38. The number of benzene rings is 2. The van der Waals surface area contributed by atoms with Gasteiger partial charge in [-0.2, -0.15) is 0 Å². The number of esters is 1. The van der Waals surface area contributed by atoms with Gasteiger partial charge in [-0.1, -0.05) is 46.3 Å². The molecule has 1 amide bonds. The number of hydrogen-bond donors (Lipinski definition) is 0. The zero-order valence-electron chi connectivity index (χ0n) is 13.8. The third-order valence-electron chi connectivity index (χ3n) is 3.36. The van der Waals surface area contributed by atoms with Crippen molar-refractivity contribution in [3.8, 4) is 0 Å². The van der Waals surface area contributed by atoms with Crippen LogP contribution in [0.3, 0.4) is 0 Å². The average Bonchev–Trinajstić information content (AvgIpc) is 2.60. The van der Waals surface area contributed by atoms with Gasteiger partial charge in [0.25, 0.3) is 5.91 Å². The van der Waals surface area contributed by atoms with Gasteiger partial charge in [-0.15, -0.1) is 0 Å². The molecule has 0 heterocycles. The number of likely N-dealkylation sites (N-methyl/N-ethyl adjacent to an activating group) is 1. The number of rotatable bonds is 5. The van der Waals surface area contributed by atoms with Crippen LogP contribution in [-0.2, 0) is 14.3 Å². The highest BCUT2D eigenvalue weighted by Gasteiger charge is 2.25. The van der Waals surface area contributed by atoms with Gasteiger partial charge in [-0.05, 0) is 24.3 Å². The normalized spacial score (nSPS) is 12.0. The minimum absolute atomic E-state index is 0.238. The quantitative estimate of drug-likeness (QED) is 0.558. The lowest BCUT2D eigenvalue weighted by atomic mass is 10.1. The van der Waals surface area contributed by atoms with Crippen molar-refractivity contribution in [3.63, 3.8) is 0 Å². The predicted octanol–water partition coefficient (Wildman–Crippen LogP) is 3.97. The molecule has 25 heavy (non-hydrogen) atoms. The van der Waals surface area contributed by atoms with Gasteiger partial charge in [0.05, 0.1) is 0 Å². The van der Waals surface area contributed by atoms with E-state index in [0.29, 0.717) is 10.0 Å². The second-order valence-electron chi connectivity index (χ2n) is 5.46. The summed E-state index contributed by atoms with van der Waals surface area (Å²) in [7, 11) is 3.16. The van der Waals surface area contributed by atoms with Crippen LogP contribution in [0.25, 0.3) is 6.08 Å². The van der Waals surface area contributed by atoms with Crippen molar-refractivity contribution in [1.82, 2.24) is 4.90 Å². The minimum Gasteiger partial charge on any atom is -0.444 e. The molecule has 0 N–H and O–H groups in total. The monoisotopic (exact) mass is 405 g/mol. The van der Waals surface area contributed by atoms with Gasteiger partial charge in [-0.25, -0.2) is 9.18 Å². The summed E-state index contributed by atoms with van der Waals surface area (Å²) in [6.07, 6.45) is 1.36. The van der Waals surface area contributed by atoms with Crippen LogP contribution in [-0.4, -0.2) is 30.9 Å². The highest BCUT2D eigenvalue weighted by molar-refractivity contribution is 9.10. The lowest BCUT2D eigenvalue weighted by Gasteiger charge is -2.20. The Bertz CT molecular complexity index is 791. The predicted molar refractivity (Wildman–Crippen MR) is 97.1 cm³/mol. The molecule has 2 aromatic carbocycles. The van der Waals surface area contributed by atoms with E-state index in [4.69, 9.17) is 4.74 Å². The van der Waals surface area contributed by atoms with Crippen molar-refractivity contribution in [1.29, 1.82) is 0 Å². The smallest absolute Gasteiger partial charge is 0.331 e. The van der Waals surface area contributed by atoms with Gasteiger partial charge in [0.2, 0.25) is 6.10 Å². The molecule has 130 valence electrons. The molecule has 2 rings (SSSR count). The van der Waals surface area contributed by atoms with E-state index in [1.54, 1.807) is 56.6 Å². The zero-order valence-corrected chi connectivity index (χ0v) is 15.4. The van der Waals surface area contributed by atoms with Crippen LogP contribution >= 0.6 is 15.9 Å². The first-order chi connectivity index (χ1) is 11.9. The molecule has 0 spiro atoms. The van der Waals surface area contributed by atoms with Crippen LogP contribution in [0, 0.1) is 5.82 Å². The van der Waals surface area contributed by atoms with Crippen LogP contribution in [0.4, 0.5) is 4.39 Å². The number of carbonyl (C=O) groups is 2. The Morgan fingerprint density at radius 3 is 2.48 bits per heavy atom. The zero-order chi connectivity index (χ0) is 18.4. The van der Waals surface area contributed by atoms with Crippen molar-refractivity contribution < 1.29 is 18.7 Å². The Hall–Kier alpha value is -2.47. The third kappa shape index (κ3) is 5.26. The van der Waals surface area contributed by atoms with Crippen molar-refractivity contribution in [3.05, 3.63) is 76.0 Å². The molecule has 1 atom stereocenters. The van der Waals surface area contributed by atoms with E-state index in [9.17, 15) is 14.0 Å². The number of ether oxygens (including phenoxy) is 1. The van der Waals surface area contributed by atoms with E-state index in [0.717, 1.165) is 6.08 Å². The van der Waals surface area contributed by atoms with E-state index >= 15 is 0 Å². The molecule has 0 aliphatic carbocycles. The summed E-state index contributed by atoms with van der Waals surface area (Å²) in [5, 5.41) is 0. The first kappa shape index (κ1) is 18.9. The Balaban J connectivity index is 2.18. The molecular formula is C19H17BrFNO3. The number of nitrogens with zero attached hydrogens (tertiary/aromatic N) is 1. The van der Waals surface area contributed by atoms with Gasteiger partial charge in [0.1, 0.15) is 5.82 Å². The van der Waals surface area contributed by atoms with E-state index in [-0.39, 0.29) is 11.5 Å². The van der Waals surface area contributed by atoms with Gasteiger partial charge >= 0.3 is 5.97 Å². The Morgan fingerprint density at radius 2 is 1.84 bits per heavy atom. The third-order valence-corrected chi connectivity index (χ3v) is 3.85. The Labute approximate surface area is 154 Å². The molecule has 0 saturated carbocycles. The first-order valence-corrected chi connectivity index (χ1v) is 8.27. The van der Waals surface area contributed by atoms with Crippen LogP contribution < -0.4 is 0 Å². The maximum Gasteiger partial charge on any atom is 0.331 e. The summed E-state index contributed by atoms with van der Waals surface area (Å²) >= 11 is 3.24. The van der Waals surface area contributed by atoms with Gasteiger partial charge in [0.15, 0.2) is 0 Å². The maximum atomic E-state index is 13.7. The van der Waals surface area contributed by atoms with Gasteiger partial charge in [-0.3, -0.25) is 4.79 Å².